The van der Waals surface area contributed by atoms with E-state index in [2.05, 4.69) is 10.4 Å². The first-order valence-corrected chi connectivity index (χ1v) is 4.55. The highest BCUT2D eigenvalue weighted by Gasteiger charge is 1.97. The van der Waals surface area contributed by atoms with Crippen molar-refractivity contribution in [3.8, 4) is 0 Å². The van der Waals surface area contributed by atoms with Crippen molar-refractivity contribution in [3.05, 3.63) is 24.0 Å². The van der Waals surface area contributed by atoms with E-state index in [-0.39, 0.29) is 11.9 Å². The van der Waals surface area contributed by atoms with Crippen molar-refractivity contribution in [2.45, 2.75) is 19.9 Å². The second-order valence-corrected chi connectivity index (χ2v) is 3.44. The van der Waals surface area contributed by atoms with E-state index >= 15 is 0 Å². The first-order valence-electron chi connectivity index (χ1n) is 4.55. The summed E-state index contributed by atoms with van der Waals surface area (Å²) in [4.78, 5) is 11.2. The molecule has 0 spiro atoms. The quantitative estimate of drug-likeness (QED) is 0.727. The van der Waals surface area contributed by atoms with E-state index in [4.69, 9.17) is 0 Å². The molecule has 0 saturated heterocycles. The molecule has 1 aromatic rings. The predicted octanol–water partition coefficient (Wildman–Crippen LogP) is 0.958. The van der Waals surface area contributed by atoms with Crippen LogP contribution in [0, 0.1) is 0 Å². The third-order valence-corrected chi connectivity index (χ3v) is 1.58. The maximum Gasteiger partial charge on any atom is 0.244 e. The van der Waals surface area contributed by atoms with Gasteiger partial charge in [-0.05, 0) is 19.9 Å². The fraction of sp³-hybridized carbons (Fsp3) is 0.400. The van der Waals surface area contributed by atoms with E-state index in [1.54, 1.807) is 17.0 Å². The van der Waals surface area contributed by atoms with Crippen LogP contribution in [-0.4, -0.2) is 21.7 Å². The molecule has 0 aliphatic heterocycles. The number of hydrogen-bond donors (Lipinski definition) is 1. The van der Waals surface area contributed by atoms with E-state index in [9.17, 15) is 4.79 Å². The summed E-state index contributed by atoms with van der Waals surface area (Å²) >= 11 is 0. The highest BCUT2D eigenvalue weighted by atomic mass is 16.1. The van der Waals surface area contributed by atoms with Gasteiger partial charge in [-0.25, -0.2) is 0 Å². The van der Waals surface area contributed by atoms with Crippen molar-refractivity contribution < 1.29 is 4.79 Å². The van der Waals surface area contributed by atoms with Gasteiger partial charge in [-0.2, -0.15) is 5.10 Å². The monoisotopic (exact) mass is 193 g/mol. The molecule has 1 rings (SSSR count). The number of carbonyl (C=O) groups is 1. The second kappa shape index (κ2) is 4.60. The molecule has 0 radical (unpaired) electrons. The SMILES string of the molecule is CC(C)NC(=O)C=Cc1cnn(C)c1. The fourth-order valence-electron chi connectivity index (χ4n) is 1.03. The average Bonchev–Trinajstić information content (AvgIpc) is 2.47. The topological polar surface area (TPSA) is 46.9 Å². The number of rotatable bonds is 3. The maximum atomic E-state index is 11.2. The van der Waals surface area contributed by atoms with Gasteiger partial charge in [0.1, 0.15) is 0 Å². The molecule has 4 heteroatoms. The molecule has 1 aromatic heterocycles. The Bertz CT molecular complexity index is 339. The number of hydrogen-bond acceptors (Lipinski definition) is 2. The molecule has 0 aromatic carbocycles. The van der Waals surface area contributed by atoms with Crippen LogP contribution < -0.4 is 5.32 Å². The van der Waals surface area contributed by atoms with Gasteiger partial charge in [-0.1, -0.05) is 0 Å². The highest BCUT2D eigenvalue weighted by molar-refractivity contribution is 5.91. The molecular formula is C10H15N3O. The van der Waals surface area contributed by atoms with Gasteiger partial charge >= 0.3 is 0 Å². The van der Waals surface area contributed by atoms with Gasteiger partial charge in [0.15, 0.2) is 0 Å². The lowest BCUT2D eigenvalue weighted by Crippen LogP contribution is -2.28. The van der Waals surface area contributed by atoms with Crippen LogP contribution in [-0.2, 0) is 11.8 Å². The largest absolute Gasteiger partial charge is 0.350 e. The van der Waals surface area contributed by atoms with E-state index in [0.29, 0.717) is 0 Å². The Morgan fingerprint density at radius 1 is 1.64 bits per heavy atom. The van der Waals surface area contributed by atoms with Crippen LogP contribution in [0.15, 0.2) is 18.5 Å². The molecule has 4 nitrogen and oxygen atoms in total. The smallest absolute Gasteiger partial charge is 0.244 e. The second-order valence-electron chi connectivity index (χ2n) is 3.44. The zero-order valence-electron chi connectivity index (χ0n) is 8.69. The predicted molar refractivity (Wildman–Crippen MR) is 55.5 cm³/mol. The van der Waals surface area contributed by atoms with Gasteiger partial charge in [0, 0.05) is 30.9 Å². The lowest BCUT2D eigenvalue weighted by atomic mass is 10.3. The Balaban J connectivity index is 2.51. The number of aryl methyl sites for hydroxylation is 1. The normalized spacial score (nSPS) is 11.1. The van der Waals surface area contributed by atoms with E-state index < -0.39 is 0 Å². The fourth-order valence-corrected chi connectivity index (χ4v) is 1.03. The van der Waals surface area contributed by atoms with E-state index in [1.165, 1.54) is 6.08 Å². The average molecular weight is 193 g/mol. The number of nitrogens with zero attached hydrogens (tertiary/aromatic N) is 2. The molecule has 0 aliphatic rings. The summed E-state index contributed by atoms with van der Waals surface area (Å²) in [5.74, 6) is -0.0798. The molecule has 1 N–H and O–H groups in total. The molecule has 1 amide bonds. The zero-order chi connectivity index (χ0) is 10.6. The Morgan fingerprint density at radius 2 is 2.36 bits per heavy atom. The Labute approximate surface area is 83.6 Å². The van der Waals surface area contributed by atoms with Gasteiger partial charge in [0.2, 0.25) is 5.91 Å². The van der Waals surface area contributed by atoms with E-state index in [1.807, 2.05) is 27.1 Å². The summed E-state index contributed by atoms with van der Waals surface area (Å²) in [7, 11) is 1.84. The lowest BCUT2D eigenvalue weighted by Gasteiger charge is -2.03. The van der Waals surface area contributed by atoms with Crippen LogP contribution in [0.2, 0.25) is 0 Å². The van der Waals surface area contributed by atoms with Crippen molar-refractivity contribution in [2.75, 3.05) is 0 Å². The molecule has 0 unspecified atom stereocenters. The van der Waals surface area contributed by atoms with Crippen LogP contribution in [0.3, 0.4) is 0 Å². The third-order valence-electron chi connectivity index (χ3n) is 1.58. The summed E-state index contributed by atoms with van der Waals surface area (Å²) in [6.07, 6.45) is 6.81. The molecule has 14 heavy (non-hydrogen) atoms. The summed E-state index contributed by atoms with van der Waals surface area (Å²) in [6, 6.07) is 0.168. The van der Waals surface area contributed by atoms with Crippen LogP contribution in [0.4, 0.5) is 0 Å². The molecule has 1 heterocycles. The van der Waals surface area contributed by atoms with Crippen molar-refractivity contribution in [1.82, 2.24) is 15.1 Å². The standard InChI is InChI=1S/C10H15N3O/c1-8(2)12-10(14)5-4-9-6-11-13(3)7-9/h4-8H,1-3H3,(H,12,14). The van der Waals surface area contributed by atoms with Crippen molar-refractivity contribution >= 4 is 12.0 Å². The number of nitrogens with one attached hydrogen (secondary N) is 1. The number of carbonyl (C=O) groups excluding carboxylic acids is 1. The molecular weight excluding hydrogens is 178 g/mol. The lowest BCUT2D eigenvalue weighted by molar-refractivity contribution is -0.116. The first kappa shape index (κ1) is 10.5. The Morgan fingerprint density at radius 3 is 2.86 bits per heavy atom. The zero-order valence-corrected chi connectivity index (χ0v) is 8.69. The Hall–Kier alpha value is -1.58. The van der Waals surface area contributed by atoms with E-state index in [0.717, 1.165) is 5.56 Å². The molecule has 76 valence electrons. The number of aromatic nitrogens is 2. The van der Waals surface area contributed by atoms with Crippen LogP contribution >= 0.6 is 0 Å². The van der Waals surface area contributed by atoms with Gasteiger partial charge < -0.3 is 5.32 Å². The van der Waals surface area contributed by atoms with Gasteiger partial charge in [-0.15, -0.1) is 0 Å². The summed E-state index contributed by atoms with van der Waals surface area (Å²) in [5, 5.41) is 6.76. The molecule has 0 atom stereocenters. The van der Waals surface area contributed by atoms with Crippen molar-refractivity contribution in [3.63, 3.8) is 0 Å². The number of amides is 1. The molecule has 0 saturated carbocycles. The minimum atomic E-state index is -0.0798. The summed E-state index contributed by atoms with van der Waals surface area (Å²) in [5.41, 5.74) is 0.923. The molecule has 0 bridgehead atoms. The van der Waals surface area contributed by atoms with Crippen LogP contribution in [0.25, 0.3) is 6.08 Å². The van der Waals surface area contributed by atoms with Crippen LogP contribution in [0.5, 0.6) is 0 Å². The highest BCUT2D eigenvalue weighted by Crippen LogP contribution is 1.98. The maximum absolute atomic E-state index is 11.2. The Kier molecular flexibility index (Phi) is 3.45. The first-order chi connectivity index (χ1) is 6.58. The molecule has 0 aliphatic carbocycles. The molecule has 0 fully saturated rings. The van der Waals surface area contributed by atoms with Gasteiger partial charge in [-0.3, -0.25) is 9.48 Å². The van der Waals surface area contributed by atoms with Crippen LogP contribution in [0.1, 0.15) is 19.4 Å². The third kappa shape index (κ3) is 3.43. The van der Waals surface area contributed by atoms with Gasteiger partial charge in [0.25, 0.3) is 0 Å². The minimum absolute atomic E-state index is 0.0798. The summed E-state index contributed by atoms with van der Waals surface area (Å²) < 4.78 is 1.69. The summed E-state index contributed by atoms with van der Waals surface area (Å²) in [6.45, 7) is 3.85. The minimum Gasteiger partial charge on any atom is -0.350 e. The van der Waals surface area contributed by atoms with Gasteiger partial charge in [0.05, 0.1) is 6.20 Å². The van der Waals surface area contributed by atoms with Crippen molar-refractivity contribution in [2.24, 2.45) is 7.05 Å². The van der Waals surface area contributed by atoms with Crippen molar-refractivity contribution in [1.29, 1.82) is 0 Å².